The maximum atomic E-state index is 12.4. The van der Waals surface area contributed by atoms with E-state index in [1.807, 2.05) is 28.3 Å². The molecule has 2 atom stereocenters. The molecule has 0 unspecified atom stereocenters. The number of nitrogens with zero attached hydrogens (tertiary/aromatic N) is 4. The minimum atomic E-state index is -0.205. The third-order valence-corrected chi connectivity index (χ3v) is 5.84. The second-order valence-electron chi connectivity index (χ2n) is 6.17. The Morgan fingerprint density at radius 2 is 2.50 bits per heavy atom. The van der Waals surface area contributed by atoms with Gasteiger partial charge in [0.1, 0.15) is 12.4 Å². The van der Waals surface area contributed by atoms with Gasteiger partial charge in [0.2, 0.25) is 0 Å². The van der Waals surface area contributed by atoms with E-state index in [1.165, 1.54) is 18.6 Å². The van der Waals surface area contributed by atoms with E-state index in [2.05, 4.69) is 22.4 Å². The van der Waals surface area contributed by atoms with Crippen molar-refractivity contribution in [2.24, 2.45) is 7.05 Å². The van der Waals surface area contributed by atoms with E-state index in [1.54, 1.807) is 6.33 Å². The molecule has 7 nitrogen and oxygen atoms in total. The van der Waals surface area contributed by atoms with Crippen LogP contribution in [0.25, 0.3) is 0 Å². The monoisotopic (exact) mass is 325 g/mol. The second kappa shape index (κ2) is 6.45. The van der Waals surface area contributed by atoms with E-state index in [0.717, 1.165) is 12.4 Å². The highest BCUT2D eigenvalue weighted by Gasteiger charge is 2.32. The molecular formula is C14H23N5O2S. The third kappa shape index (κ3) is 3.38. The number of morpholine rings is 1. The molecule has 2 aliphatic heterocycles. The molecule has 0 aromatic carbocycles. The lowest BCUT2D eigenvalue weighted by atomic mass is 10.1. The molecule has 122 valence electrons. The number of nitrogens with one attached hydrogen (secondary N) is 1. The molecule has 2 amide bonds. The first-order valence-corrected chi connectivity index (χ1v) is 8.68. The molecule has 0 aliphatic carbocycles. The molecule has 2 fully saturated rings. The lowest BCUT2D eigenvalue weighted by Crippen LogP contribution is -2.49. The molecule has 1 aromatic heterocycles. The smallest absolute Gasteiger partial charge is 0.317 e. The van der Waals surface area contributed by atoms with Gasteiger partial charge in [-0.1, -0.05) is 0 Å². The zero-order chi connectivity index (χ0) is 15.6. The fourth-order valence-corrected chi connectivity index (χ4v) is 4.17. The van der Waals surface area contributed by atoms with Crippen LogP contribution in [0, 0.1) is 0 Å². The number of ether oxygens (including phenoxy) is 1. The molecule has 0 saturated carbocycles. The quantitative estimate of drug-likeness (QED) is 0.903. The molecule has 22 heavy (non-hydrogen) atoms. The predicted molar refractivity (Wildman–Crippen MR) is 84.8 cm³/mol. The van der Waals surface area contributed by atoms with Gasteiger partial charge in [-0.05, 0) is 25.5 Å². The molecule has 1 aromatic rings. The minimum Gasteiger partial charge on any atom is -0.366 e. The average Bonchev–Trinajstić information content (AvgIpc) is 3.14. The molecule has 2 aliphatic rings. The molecule has 3 heterocycles. The van der Waals surface area contributed by atoms with Gasteiger partial charge in [0.05, 0.1) is 13.2 Å². The summed E-state index contributed by atoms with van der Waals surface area (Å²) in [7, 11) is 1.88. The van der Waals surface area contributed by atoms with E-state index in [0.29, 0.717) is 19.7 Å². The van der Waals surface area contributed by atoms with Crippen LogP contribution in [0.5, 0.6) is 0 Å². The van der Waals surface area contributed by atoms with Crippen LogP contribution in [-0.4, -0.2) is 62.4 Å². The number of amides is 2. The molecule has 3 rings (SSSR count). The zero-order valence-electron chi connectivity index (χ0n) is 13.1. The highest BCUT2D eigenvalue weighted by molar-refractivity contribution is 8.00. The van der Waals surface area contributed by atoms with Crippen molar-refractivity contribution in [1.29, 1.82) is 0 Å². The van der Waals surface area contributed by atoms with Crippen LogP contribution in [0.15, 0.2) is 6.33 Å². The maximum absolute atomic E-state index is 12.4. The highest BCUT2D eigenvalue weighted by atomic mass is 32.2. The van der Waals surface area contributed by atoms with Gasteiger partial charge in [0, 0.05) is 24.9 Å². The Hall–Kier alpha value is -1.28. The Bertz CT molecular complexity index is 529. The van der Waals surface area contributed by atoms with Gasteiger partial charge >= 0.3 is 6.03 Å². The first-order valence-electron chi connectivity index (χ1n) is 7.70. The zero-order valence-corrected chi connectivity index (χ0v) is 13.9. The van der Waals surface area contributed by atoms with Crippen molar-refractivity contribution in [2.75, 3.05) is 32.0 Å². The van der Waals surface area contributed by atoms with Gasteiger partial charge in [0.25, 0.3) is 0 Å². The van der Waals surface area contributed by atoms with Gasteiger partial charge in [-0.3, -0.25) is 0 Å². The summed E-state index contributed by atoms with van der Waals surface area (Å²) >= 11 is 1.95. The normalized spacial score (nSPS) is 28.8. The Balaban J connectivity index is 1.55. The van der Waals surface area contributed by atoms with Crippen LogP contribution < -0.4 is 5.32 Å². The van der Waals surface area contributed by atoms with E-state index in [-0.39, 0.29) is 16.9 Å². The summed E-state index contributed by atoms with van der Waals surface area (Å²) in [6, 6.07) is -0.0100. The number of aryl methyl sites for hydroxylation is 1. The third-order valence-electron chi connectivity index (χ3n) is 4.30. The van der Waals surface area contributed by atoms with Crippen molar-refractivity contribution in [2.45, 2.75) is 30.6 Å². The minimum absolute atomic E-state index is 0.0100. The molecule has 0 bridgehead atoms. The van der Waals surface area contributed by atoms with Crippen molar-refractivity contribution in [3.63, 3.8) is 0 Å². The predicted octanol–water partition coefficient (Wildman–Crippen LogP) is 1.18. The first kappa shape index (κ1) is 15.6. The number of aromatic nitrogens is 3. The van der Waals surface area contributed by atoms with Crippen LogP contribution >= 0.6 is 11.8 Å². The van der Waals surface area contributed by atoms with Crippen LogP contribution in [0.1, 0.15) is 31.7 Å². The summed E-state index contributed by atoms with van der Waals surface area (Å²) in [5.41, 5.74) is 0. The topological polar surface area (TPSA) is 72.3 Å². The van der Waals surface area contributed by atoms with E-state index in [9.17, 15) is 4.79 Å². The molecule has 0 radical (unpaired) electrons. The van der Waals surface area contributed by atoms with Crippen molar-refractivity contribution in [1.82, 2.24) is 25.0 Å². The van der Waals surface area contributed by atoms with Gasteiger partial charge in [-0.25, -0.2) is 4.79 Å². The van der Waals surface area contributed by atoms with Crippen molar-refractivity contribution in [3.05, 3.63) is 12.2 Å². The number of hydrogen-bond acceptors (Lipinski definition) is 5. The number of hydrogen-bond donors (Lipinski definition) is 1. The highest BCUT2D eigenvalue weighted by Crippen LogP contribution is 2.37. The summed E-state index contributed by atoms with van der Waals surface area (Å²) in [5.74, 6) is 1.95. The van der Waals surface area contributed by atoms with E-state index in [4.69, 9.17) is 4.74 Å². The van der Waals surface area contributed by atoms with Crippen molar-refractivity contribution >= 4 is 17.8 Å². The van der Waals surface area contributed by atoms with Gasteiger partial charge in [-0.2, -0.15) is 11.8 Å². The van der Waals surface area contributed by atoms with Crippen LogP contribution in [0.3, 0.4) is 0 Å². The fourth-order valence-electron chi connectivity index (χ4n) is 2.92. The molecular weight excluding hydrogens is 302 g/mol. The molecule has 1 N–H and O–H groups in total. The van der Waals surface area contributed by atoms with E-state index >= 15 is 0 Å². The lowest BCUT2D eigenvalue weighted by Gasteiger charge is -2.33. The largest absolute Gasteiger partial charge is 0.366 e. The molecule has 8 heteroatoms. The van der Waals surface area contributed by atoms with E-state index < -0.39 is 0 Å². The summed E-state index contributed by atoms with van der Waals surface area (Å²) < 4.78 is 7.75. The number of urea groups is 1. The number of rotatable bonds is 3. The van der Waals surface area contributed by atoms with Crippen molar-refractivity contribution < 1.29 is 9.53 Å². The summed E-state index contributed by atoms with van der Waals surface area (Å²) in [5, 5.41) is 11.0. The average molecular weight is 325 g/mol. The first-order chi connectivity index (χ1) is 10.6. The number of thioether (sulfide) groups is 1. The van der Waals surface area contributed by atoms with Gasteiger partial charge in [0.15, 0.2) is 5.82 Å². The summed E-state index contributed by atoms with van der Waals surface area (Å²) in [6.07, 6.45) is 3.85. The Labute approximate surface area is 134 Å². The summed E-state index contributed by atoms with van der Waals surface area (Å²) in [6.45, 7) is 4.61. The Kier molecular flexibility index (Phi) is 4.58. The number of carbonyl (C=O) groups excluding carboxylic acids is 1. The van der Waals surface area contributed by atoms with Crippen LogP contribution in [-0.2, 0) is 11.8 Å². The van der Waals surface area contributed by atoms with Crippen LogP contribution in [0.4, 0.5) is 4.79 Å². The van der Waals surface area contributed by atoms with Gasteiger partial charge < -0.3 is 19.5 Å². The maximum Gasteiger partial charge on any atom is 0.317 e. The summed E-state index contributed by atoms with van der Waals surface area (Å²) in [4.78, 5) is 14.2. The standard InChI is InChI=1S/C14H23N5O2S/c1-14(4-3-7-22-14)9-15-13(20)19-5-6-21-11(8-19)12-17-16-10-18(12)2/h10-11H,3-9H2,1-2H3,(H,15,20)/t11-,14+/m0/s1. The van der Waals surface area contributed by atoms with Crippen molar-refractivity contribution in [3.8, 4) is 0 Å². The Morgan fingerprint density at radius 3 is 3.18 bits per heavy atom. The Morgan fingerprint density at radius 1 is 1.64 bits per heavy atom. The SMILES string of the molecule is Cn1cnnc1[C@@H]1CN(C(=O)NC[C@@]2(C)CCCS2)CCO1. The number of carbonyl (C=O) groups is 1. The van der Waals surface area contributed by atoms with Gasteiger partial charge in [-0.15, -0.1) is 10.2 Å². The molecule has 0 spiro atoms. The fraction of sp³-hybridized carbons (Fsp3) is 0.786. The lowest BCUT2D eigenvalue weighted by molar-refractivity contribution is -0.0214. The second-order valence-corrected chi connectivity index (χ2v) is 7.85. The molecule has 2 saturated heterocycles. The van der Waals surface area contributed by atoms with Crippen LogP contribution in [0.2, 0.25) is 0 Å².